The average Bonchev–Trinajstić information content (AvgIpc) is 2.39. The van der Waals surface area contributed by atoms with Crippen molar-refractivity contribution < 1.29 is 10.1 Å². The van der Waals surface area contributed by atoms with Gasteiger partial charge in [-0.25, -0.2) is 0 Å². The number of rotatable bonds is 2. The first-order valence-corrected chi connectivity index (χ1v) is 5.97. The Hall–Kier alpha value is -1.13. The average molecular weight is 237 g/mol. The third kappa shape index (κ3) is 2.51. The number of quaternary nitrogens is 1. The standard InChI is InChI=1S/C12H16N2OS/c1-15-11-4-2-10(3-5-11)12(16)14-8-6-13-7-9-14/h2-5,13H,6-9H2,1H3/p+1. The van der Waals surface area contributed by atoms with Gasteiger partial charge in [0, 0.05) is 5.56 Å². The van der Waals surface area contributed by atoms with Crippen molar-refractivity contribution in [2.45, 2.75) is 0 Å². The number of benzene rings is 1. The number of hydrogen-bond donors (Lipinski definition) is 1. The van der Waals surface area contributed by atoms with Gasteiger partial charge in [-0.05, 0) is 24.3 Å². The molecule has 16 heavy (non-hydrogen) atoms. The van der Waals surface area contributed by atoms with E-state index >= 15 is 0 Å². The third-order valence-corrected chi connectivity index (χ3v) is 3.32. The van der Waals surface area contributed by atoms with E-state index in [0.29, 0.717) is 0 Å². The summed E-state index contributed by atoms with van der Waals surface area (Å²) in [6.07, 6.45) is 0. The predicted octanol–water partition coefficient (Wildman–Crippen LogP) is 0.250. The second-order valence-corrected chi connectivity index (χ2v) is 4.27. The van der Waals surface area contributed by atoms with E-state index in [4.69, 9.17) is 17.0 Å². The Balaban J connectivity index is 2.07. The number of methoxy groups -OCH3 is 1. The fourth-order valence-corrected chi connectivity index (χ4v) is 2.19. The number of piperazine rings is 1. The van der Waals surface area contributed by atoms with Crippen molar-refractivity contribution in [3.05, 3.63) is 29.8 Å². The summed E-state index contributed by atoms with van der Waals surface area (Å²) >= 11 is 5.49. The highest BCUT2D eigenvalue weighted by atomic mass is 32.1. The van der Waals surface area contributed by atoms with Crippen molar-refractivity contribution in [3.63, 3.8) is 0 Å². The van der Waals surface area contributed by atoms with Gasteiger partial charge in [-0.2, -0.15) is 0 Å². The fraction of sp³-hybridized carbons (Fsp3) is 0.417. The number of nitrogens with zero attached hydrogens (tertiary/aromatic N) is 1. The molecule has 1 heterocycles. The normalized spacial score (nSPS) is 15.9. The van der Waals surface area contributed by atoms with Gasteiger partial charge in [0.25, 0.3) is 0 Å². The Morgan fingerprint density at radius 3 is 2.44 bits per heavy atom. The maximum absolute atomic E-state index is 5.49. The third-order valence-electron chi connectivity index (χ3n) is 2.83. The summed E-state index contributed by atoms with van der Waals surface area (Å²) in [5, 5.41) is 2.33. The van der Waals surface area contributed by atoms with Gasteiger partial charge in [0.05, 0.1) is 33.3 Å². The molecule has 1 saturated heterocycles. The molecule has 0 amide bonds. The van der Waals surface area contributed by atoms with Crippen molar-refractivity contribution in [1.29, 1.82) is 0 Å². The first-order valence-electron chi connectivity index (χ1n) is 5.56. The highest BCUT2D eigenvalue weighted by Crippen LogP contribution is 2.13. The lowest BCUT2D eigenvalue weighted by molar-refractivity contribution is -0.661. The van der Waals surface area contributed by atoms with E-state index in [1.54, 1.807) is 7.11 Å². The Morgan fingerprint density at radius 2 is 1.88 bits per heavy atom. The zero-order valence-electron chi connectivity index (χ0n) is 9.48. The van der Waals surface area contributed by atoms with Crippen molar-refractivity contribution in [3.8, 4) is 5.75 Å². The van der Waals surface area contributed by atoms with Crippen LogP contribution in [-0.4, -0.2) is 43.2 Å². The molecular weight excluding hydrogens is 220 g/mol. The van der Waals surface area contributed by atoms with Crippen LogP contribution in [0.2, 0.25) is 0 Å². The molecule has 2 N–H and O–H groups in total. The first kappa shape index (κ1) is 11.4. The van der Waals surface area contributed by atoms with Crippen molar-refractivity contribution in [1.82, 2.24) is 4.90 Å². The fourth-order valence-electron chi connectivity index (χ4n) is 1.87. The number of ether oxygens (including phenoxy) is 1. The van der Waals surface area contributed by atoms with Crippen molar-refractivity contribution >= 4 is 17.2 Å². The molecule has 0 unspecified atom stereocenters. The van der Waals surface area contributed by atoms with Gasteiger partial charge in [0.1, 0.15) is 10.7 Å². The lowest BCUT2D eigenvalue weighted by Gasteiger charge is -2.27. The van der Waals surface area contributed by atoms with E-state index in [2.05, 4.69) is 10.2 Å². The van der Waals surface area contributed by atoms with Gasteiger partial charge < -0.3 is 15.0 Å². The van der Waals surface area contributed by atoms with Gasteiger partial charge in [0.2, 0.25) is 0 Å². The zero-order chi connectivity index (χ0) is 11.4. The molecule has 0 aliphatic carbocycles. The maximum Gasteiger partial charge on any atom is 0.118 e. The van der Waals surface area contributed by atoms with E-state index in [-0.39, 0.29) is 0 Å². The van der Waals surface area contributed by atoms with E-state index in [9.17, 15) is 0 Å². The maximum atomic E-state index is 5.49. The van der Waals surface area contributed by atoms with Crippen LogP contribution in [0, 0.1) is 0 Å². The lowest BCUT2D eigenvalue weighted by atomic mass is 10.2. The van der Waals surface area contributed by atoms with E-state index < -0.39 is 0 Å². The minimum atomic E-state index is 0.874. The largest absolute Gasteiger partial charge is 0.497 e. The molecule has 1 aliphatic rings. The molecule has 2 rings (SSSR count). The van der Waals surface area contributed by atoms with Crippen LogP contribution in [0.4, 0.5) is 0 Å². The minimum absolute atomic E-state index is 0.874. The molecule has 0 bridgehead atoms. The molecule has 4 heteroatoms. The van der Waals surface area contributed by atoms with Crippen molar-refractivity contribution in [2.24, 2.45) is 0 Å². The van der Waals surface area contributed by atoms with Gasteiger partial charge >= 0.3 is 0 Å². The van der Waals surface area contributed by atoms with Crippen LogP contribution in [0.15, 0.2) is 24.3 Å². The summed E-state index contributed by atoms with van der Waals surface area (Å²) < 4.78 is 5.13. The lowest BCUT2D eigenvalue weighted by Crippen LogP contribution is -2.89. The Morgan fingerprint density at radius 1 is 1.25 bits per heavy atom. The molecule has 1 aliphatic heterocycles. The second-order valence-electron chi connectivity index (χ2n) is 3.89. The molecule has 0 radical (unpaired) electrons. The molecule has 3 nitrogen and oxygen atoms in total. The summed E-state index contributed by atoms with van der Waals surface area (Å²) in [5.41, 5.74) is 1.11. The highest BCUT2D eigenvalue weighted by molar-refractivity contribution is 7.80. The van der Waals surface area contributed by atoms with Crippen LogP contribution in [-0.2, 0) is 0 Å². The van der Waals surface area contributed by atoms with Gasteiger partial charge in [-0.3, -0.25) is 0 Å². The molecule has 1 aromatic rings. The summed E-state index contributed by atoms with van der Waals surface area (Å²) in [6.45, 7) is 4.36. The number of thiocarbonyl (C=S) groups is 1. The first-order chi connectivity index (χ1) is 7.81. The molecule has 0 saturated carbocycles. The summed E-state index contributed by atoms with van der Waals surface area (Å²) in [4.78, 5) is 3.23. The molecule has 86 valence electrons. The Kier molecular flexibility index (Phi) is 3.74. The second kappa shape index (κ2) is 5.27. The summed E-state index contributed by atoms with van der Waals surface area (Å²) in [7, 11) is 1.67. The quantitative estimate of drug-likeness (QED) is 0.748. The zero-order valence-corrected chi connectivity index (χ0v) is 10.3. The van der Waals surface area contributed by atoms with Gasteiger partial charge in [-0.15, -0.1) is 0 Å². The smallest absolute Gasteiger partial charge is 0.118 e. The van der Waals surface area contributed by atoms with Crippen LogP contribution >= 0.6 is 12.2 Å². The molecule has 0 atom stereocenters. The Bertz CT molecular complexity index is 358. The Labute approximate surface area is 101 Å². The van der Waals surface area contributed by atoms with E-state index in [1.807, 2.05) is 24.3 Å². The molecular formula is C12H17N2OS+. The number of nitrogens with two attached hydrogens (primary N) is 1. The summed E-state index contributed by atoms with van der Waals surface area (Å²) in [5.74, 6) is 0.874. The number of hydrogen-bond acceptors (Lipinski definition) is 2. The van der Waals surface area contributed by atoms with Gasteiger partial charge in [0.15, 0.2) is 0 Å². The topological polar surface area (TPSA) is 29.1 Å². The van der Waals surface area contributed by atoms with E-state index in [1.165, 1.54) is 0 Å². The minimum Gasteiger partial charge on any atom is -0.497 e. The molecule has 0 aromatic heterocycles. The van der Waals surface area contributed by atoms with Gasteiger partial charge in [-0.1, -0.05) is 12.2 Å². The highest BCUT2D eigenvalue weighted by Gasteiger charge is 2.16. The van der Waals surface area contributed by atoms with E-state index in [0.717, 1.165) is 42.5 Å². The van der Waals surface area contributed by atoms with Crippen LogP contribution in [0.25, 0.3) is 0 Å². The predicted molar refractivity (Wildman–Crippen MR) is 67.9 cm³/mol. The van der Waals surface area contributed by atoms with Crippen molar-refractivity contribution in [2.75, 3.05) is 33.3 Å². The molecule has 1 aromatic carbocycles. The SMILES string of the molecule is COc1ccc(C(=S)N2CC[NH2+]CC2)cc1. The summed E-state index contributed by atoms with van der Waals surface area (Å²) in [6, 6.07) is 7.97. The molecule has 1 fully saturated rings. The van der Waals surface area contributed by atoms with Crippen LogP contribution in [0.5, 0.6) is 5.75 Å². The van der Waals surface area contributed by atoms with Crippen LogP contribution < -0.4 is 10.1 Å². The monoisotopic (exact) mass is 237 g/mol. The molecule has 0 spiro atoms. The van der Waals surface area contributed by atoms with Crippen LogP contribution in [0.1, 0.15) is 5.56 Å². The van der Waals surface area contributed by atoms with Crippen LogP contribution in [0.3, 0.4) is 0 Å².